The van der Waals surface area contributed by atoms with Crippen molar-refractivity contribution < 1.29 is 23.4 Å². The Morgan fingerprint density at radius 3 is 2.50 bits per heavy atom. The average Bonchev–Trinajstić information content (AvgIpc) is 3.02. The van der Waals surface area contributed by atoms with Gasteiger partial charge >= 0.3 is 0 Å². The number of halogens is 1. The van der Waals surface area contributed by atoms with E-state index in [9.17, 15) is 9.18 Å². The van der Waals surface area contributed by atoms with Crippen LogP contribution in [0.25, 0.3) is 0 Å². The van der Waals surface area contributed by atoms with Gasteiger partial charge in [-0.1, -0.05) is 30.3 Å². The molecule has 6 heteroatoms. The van der Waals surface area contributed by atoms with E-state index >= 15 is 0 Å². The minimum atomic E-state index is -0.271. The lowest BCUT2D eigenvalue weighted by Crippen LogP contribution is -2.33. The van der Waals surface area contributed by atoms with Crippen molar-refractivity contribution in [3.8, 4) is 11.5 Å². The number of amides is 1. The highest BCUT2D eigenvalue weighted by Crippen LogP contribution is 2.25. The van der Waals surface area contributed by atoms with E-state index < -0.39 is 0 Å². The third-order valence-corrected chi connectivity index (χ3v) is 5.40. The van der Waals surface area contributed by atoms with Gasteiger partial charge in [-0.25, -0.2) is 4.39 Å². The minimum Gasteiger partial charge on any atom is -0.497 e. The number of hydrogen-bond acceptors (Lipinski definition) is 4. The summed E-state index contributed by atoms with van der Waals surface area (Å²) < 4.78 is 30.1. The van der Waals surface area contributed by atoms with Crippen molar-refractivity contribution in [1.82, 2.24) is 4.90 Å². The first kappa shape index (κ1) is 21.8. The summed E-state index contributed by atoms with van der Waals surface area (Å²) in [6.07, 6.45) is 0.329. The van der Waals surface area contributed by atoms with Crippen molar-refractivity contribution in [1.29, 1.82) is 0 Å². The molecule has 32 heavy (non-hydrogen) atoms. The number of methoxy groups -OCH3 is 1. The molecule has 0 saturated carbocycles. The Bertz CT molecular complexity index is 1070. The van der Waals surface area contributed by atoms with Crippen molar-refractivity contribution >= 4 is 5.91 Å². The molecular weight excluding hydrogens is 409 g/mol. The monoisotopic (exact) mass is 435 g/mol. The van der Waals surface area contributed by atoms with Crippen LogP contribution in [0.4, 0.5) is 4.39 Å². The van der Waals surface area contributed by atoms with E-state index in [1.807, 2.05) is 53.4 Å². The first-order valence-electron chi connectivity index (χ1n) is 10.6. The zero-order chi connectivity index (χ0) is 22.3. The van der Waals surface area contributed by atoms with Crippen LogP contribution in [-0.4, -0.2) is 31.1 Å². The van der Waals surface area contributed by atoms with Gasteiger partial charge in [-0.05, 0) is 53.1 Å². The average molecular weight is 435 g/mol. The number of hydrogen-bond donors (Lipinski definition) is 0. The molecule has 3 aromatic rings. The SMILES string of the molecule is COc1ccc(CC(=O)N2CCOc3ccc(COCc4cccc(F)c4)cc3C2)cc1. The molecule has 0 N–H and O–H groups in total. The van der Waals surface area contributed by atoms with E-state index in [0.29, 0.717) is 39.3 Å². The van der Waals surface area contributed by atoms with Crippen LogP contribution in [0.2, 0.25) is 0 Å². The van der Waals surface area contributed by atoms with Gasteiger partial charge in [0.25, 0.3) is 0 Å². The predicted molar refractivity (Wildman–Crippen MR) is 119 cm³/mol. The highest BCUT2D eigenvalue weighted by atomic mass is 19.1. The molecule has 4 rings (SSSR count). The number of carbonyl (C=O) groups is 1. The maximum atomic E-state index is 13.3. The molecular formula is C26H26FNO4. The predicted octanol–water partition coefficient (Wildman–Crippen LogP) is 4.51. The molecule has 1 aliphatic rings. The maximum absolute atomic E-state index is 13.3. The van der Waals surface area contributed by atoms with Gasteiger partial charge in [0.05, 0.1) is 33.3 Å². The summed E-state index contributed by atoms with van der Waals surface area (Å²) in [4.78, 5) is 14.7. The summed E-state index contributed by atoms with van der Waals surface area (Å²) in [5.41, 5.74) is 3.67. The summed E-state index contributed by atoms with van der Waals surface area (Å²) in [6, 6.07) is 19.8. The molecule has 0 unspecified atom stereocenters. The fourth-order valence-electron chi connectivity index (χ4n) is 3.69. The van der Waals surface area contributed by atoms with Crippen LogP contribution >= 0.6 is 0 Å². The van der Waals surface area contributed by atoms with Crippen molar-refractivity contribution in [3.05, 3.63) is 94.8 Å². The second kappa shape index (κ2) is 10.3. The van der Waals surface area contributed by atoms with E-state index in [2.05, 4.69) is 0 Å². The quantitative estimate of drug-likeness (QED) is 0.548. The van der Waals surface area contributed by atoms with Gasteiger partial charge in [0.2, 0.25) is 5.91 Å². The van der Waals surface area contributed by atoms with E-state index in [1.54, 1.807) is 13.2 Å². The number of carbonyl (C=O) groups excluding carboxylic acids is 1. The maximum Gasteiger partial charge on any atom is 0.227 e. The van der Waals surface area contributed by atoms with Gasteiger partial charge in [0.1, 0.15) is 23.9 Å². The first-order chi connectivity index (χ1) is 15.6. The molecule has 1 amide bonds. The molecule has 0 aromatic heterocycles. The van der Waals surface area contributed by atoms with Gasteiger partial charge in [0, 0.05) is 12.1 Å². The van der Waals surface area contributed by atoms with Crippen molar-refractivity contribution in [2.75, 3.05) is 20.3 Å². The Morgan fingerprint density at radius 1 is 1.00 bits per heavy atom. The molecule has 0 aliphatic carbocycles. The summed E-state index contributed by atoms with van der Waals surface area (Å²) in [5, 5.41) is 0. The smallest absolute Gasteiger partial charge is 0.227 e. The highest BCUT2D eigenvalue weighted by molar-refractivity contribution is 5.79. The minimum absolute atomic E-state index is 0.0550. The number of benzene rings is 3. The lowest BCUT2D eigenvalue weighted by atomic mass is 10.1. The third kappa shape index (κ3) is 5.65. The van der Waals surface area contributed by atoms with Crippen LogP contribution < -0.4 is 9.47 Å². The Morgan fingerprint density at radius 2 is 1.75 bits per heavy atom. The number of rotatable bonds is 7. The third-order valence-electron chi connectivity index (χ3n) is 5.40. The van der Waals surface area contributed by atoms with Crippen LogP contribution in [0, 0.1) is 5.82 Å². The van der Waals surface area contributed by atoms with Crippen molar-refractivity contribution in [2.45, 2.75) is 26.2 Å². The largest absolute Gasteiger partial charge is 0.497 e. The molecule has 3 aromatic carbocycles. The molecule has 5 nitrogen and oxygen atoms in total. The standard InChI is InChI=1S/C26H26FNO4/c1-30-24-8-5-19(6-9-24)15-26(29)28-11-12-32-25-10-7-21(13-22(25)16-28)18-31-17-20-3-2-4-23(27)14-20/h2-10,13-14H,11-12,15-18H2,1H3. The molecule has 0 fully saturated rings. The second-order valence-corrected chi connectivity index (χ2v) is 7.75. The van der Waals surface area contributed by atoms with Crippen molar-refractivity contribution in [2.24, 2.45) is 0 Å². The molecule has 0 radical (unpaired) electrons. The van der Waals surface area contributed by atoms with Crippen LogP contribution in [0.15, 0.2) is 66.7 Å². The normalized spacial score (nSPS) is 13.1. The number of fused-ring (bicyclic) bond motifs is 1. The zero-order valence-electron chi connectivity index (χ0n) is 18.1. The fourth-order valence-corrected chi connectivity index (χ4v) is 3.69. The molecule has 1 heterocycles. The second-order valence-electron chi connectivity index (χ2n) is 7.75. The van der Waals surface area contributed by atoms with Crippen LogP contribution in [-0.2, 0) is 35.7 Å². The van der Waals surface area contributed by atoms with Gasteiger partial charge in [-0.2, -0.15) is 0 Å². The number of ether oxygens (including phenoxy) is 3. The molecule has 0 atom stereocenters. The van der Waals surface area contributed by atoms with E-state index in [1.165, 1.54) is 12.1 Å². The summed E-state index contributed by atoms with van der Waals surface area (Å²) in [5.74, 6) is 1.34. The Labute approximate surface area is 187 Å². The molecule has 0 saturated heterocycles. The molecule has 0 bridgehead atoms. The lowest BCUT2D eigenvalue weighted by Gasteiger charge is -2.20. The number of nitrogens with zero attached hydrogens (tertiary/aromatic N) is 1. The first-order valence-corrected chi connectivity index (χ1v) is 10.6. The fraction of sp³-hybridized carbons (Fsp3) is 0.269. The Balaban J connectivity index is 1.38. The van der Waals surface area contributed by atoms with Gasteiger partial charge in [0.15, 0.2) is 0 Å². The van der Waals surface area contributed by atoms with Gasteiger partial charge in [-0.3, -0.25) is 4.79 Å². The highest BCUT2D eigenvalue weighted by Gasteiger charge is 2.20. The molecule has 1 aliphatic heterocycles. The van der Waals surface area contributed by atoms with Crippen LogP contribution in [0.5, 0.6) is 11.5 Å². The summed E-state index contributed by atoms with van der Waals surface area (Å²) in [6.45, 7) is 2.20. The Kier molecular flexibility index (Phi) is 7.02. The summed E-state index contributed by atoms with van der Waals surface area (Å²) >= 11 is 0. The van der Waals surface area contributed by atoms with Crippen molar-refractivity contribution in [3.63, 3.8) is 0 Å². The molecule has 166 valence electrons. The van der Waals surface area contributed by atoms with Crippen LogP contribution in [0.3, 0.4) is 0 Å². The Hall–Kier alpha value is -3.38. The lowest BCUT2D eigenvalue weighted by molar-refractivity contribution is -0.131. The van der Waals surface area contributed by atoms with Gasteiger partial charge in [-0.15, -0.1) is 0 Å². The summed E-state index contributed by atoms with van der Waals surface area (Å²) in [7, 11) is 1.62. The molecule has 0 spiro atoms. The topological polar surface area (TPSA) is 48.0 Å². The van der Waals surface area contributed by atoms with E-state index in [4.69, 9.17) is 14.2 Å². The van der Waals surface area contributed by atoms with Crippen LogP contribution in [0.1, 0.15) is 22.3 Å². The van der Waals surface area contributed by atoms with E-state index in [0.717, 1.165) is 33.8 Å². The van der Waals surface area contributed by atoms with Gasteiger partial charge < -0.3 is 19.1 Å². The van der Waals surface area contributed by atoms with E-state index in [-0.39, 0.29) is 11.7 Å². The zero-order valence-corrected chi connectivity index (χ0v) is 18.1.